The third-order valence-electron chi connectivity index (χ3n) is 2.82. The number of nitrogens with zero attached hydrogens (tertiary/aromatic N) is 1. The summed E-state index contributed by atoms with van der Waals surface area (Å²) in [4.78, 5) is 23.9. The van der Waals surface area contributed by atoms with Crippen LogP contribution in [0.25, 0.3) is 0 Å². The Morgan fingerprint density at radius 1 is 1.42 bits per heavy atom. The summed E-state index contributed by atoms with van der Waals surface area (Å²) < 4.78 is 5.04. The fourth-order valence-corrected chi connectivity index (χ4v) is 1.47. The molecule has 1 unspecified atom stereocenters. The SMILES string of the molecule is COCc1ccccc1NC(=O)N(C)C(C)C(=O)O. The molecule has 0 radical (unpaired) electrons. The van der Waals surface area contributed by atoms with Gasteiger partial charge < -0.3 is 20.1 Å². The van der Waals surface area contributed by atoms with Gasteiger partial charge in [-0.15, -0.1) is 0 Å². The van der Waals surface area contributed by atoms with Crippen LogP contribution in [-0.4, -0.2) is 42.2 Å². The number of carbonyl (C=O) groups is 2. The molecule has 19 heavy (non-hydrogen) atoms. The Balaban J connectivity index is 2.79. The fourth-order valence-electron chi connectivity index (χ4n) is 1.47. The van der Waals surface area contributed by atoms with E-state index in [1.54, 1.807) is 19.2 Å². The van der Waals surface area contributed by atoms with Crippen molar-refractivity contribution in [2.24, 2.45) is 0 Å². The van der Waals surface area contributed by atoms with Crippen LogP contribution in [-0.2, 0) is 16.1 Å². The highest BCUT2D eigenvalue weighted by atomic mass is 16.5. The molecule has 2 N–H and O–H groups in total. The standard InChI is InChI=1S/C13H18N2O4/c1-9(12(16)17)15(2)13(18)14-11-7-5-4-6-10(11)8-19-3/h4-7,9H,8H2,1-3H3,(H,14,18)(H,16,17). The number of nitrogens with one attached hydrogen (secondary N) is 1. The van der Waals surface area contributed by atoms with Crippen LogP contribution in [0.5, 0.6) is 0 Å². The van der Waals surface area contributed by atoms with Gasteiger partial charge in [-0.1, -0.05) is 18.2 Å². The van der Waals surface area contributed by atoms with Gasteiger partial charge in [-0.05, 0) is 13.0 Å². The van der Waals surface area contributed by atoms with E-state index >= 15 is 0 Å². The van der Waals surface area contributed by atoms with Gasteiger partial charge in [-0.25, -0.2) is 9.59 Å². The Morgan fingerprint density at radius 2 is 2.05 bits per heavy atom. The van der Waals surface area contributed by atoms with Gasteiger partial charge in [0.25, 0.3) is 0 Å². The number of hydrogen-bond donors (Lipinski definition) is 2. The molecule has 1 aromatic rings. The highest BCUT2D eigenvalue weighted by Crippen LogP contribution is 2.16. The molecular formula is C13H18N2O4. The fraction of sp³-hybridized carbons (Fsp3) is 0.385. The van der Waals surface area contributed by atoms with Gasteiger partial charge in [0.1, 0.15) is 6.04 Å². The smallest absolute Gasteiger partial charge is 0.326 e. The topological polar surface area (TPSA) is 78.9 Å². The molecule has 6 heteroatoms. The maximum atomic E-state index is 11.9. The molecule has 1 atom stereocenters. The van der Waals surface area contributed by atoms with Crippen molar-refractivity contribution >= 4 is 17.7 Å². The van der Waals surface area contributed by atoms with Gasteiger partial charge in [0.05, 0.1) is 6.61 Å². The van der Waals surface area contributed by atoms with E-state index in [2.05, 4.69) is 5.32 Å². The molecule has 2 amide bonds. The number of benzene rings is 1. The van der Waals surface area contributed by atoms with E-state index in [1.165, 1.54) is 14.0 Å². The summed E-state index contributed by atoms with van der Waals surface area (Å²) in [5, 5.41) is 11.5. The van der Waals surface area contributed by atoms with E-state index in [0.717, 1.165) is 10.5 Å². The first-order chi connectivity index (χ1) is 8.97. The number of carboxylic acid groups (broad SMARTS) is 1. The van der Waals surface area contributed by atoms with Gasteiger partial charge in [-0.2, -0.15) is 0 Å². The Hall–Kier alpha value is -2.08. The predicted molar refractivity (Wildman–Crippen MR) is 71.0 cm³/mol. The van der Waals surface area contributed by atoms with E-state index < -0.39 is 18.0 Å². The van der Waals surface area contributed by atoms with Crippen molar-refractivity contribution in [2.45, 2.75) is 19.6 Å². The monoisotopic (exact) mass is 266 g/mol. The molecule has 0 aliphatic carbocycles. The van der Waals surface area contributed by atoms with Gasteiger partial charge in [0.15, 0.2) is 0 Å². The molecule has 0 saturated heterocycles. The lowest BCUT2D eigenvalue weighted by Crippen LogP contribution is -2.42. The molecule has 0 spiro atoms. The van der Waals surface area contributed by atoms with E-state index in [-0.39, 0.29) is 0 Å². The Bertz CT molecular complexity index is 462. The van der Waals surface area contributed by atoms with Crippen molar-refractivity contribution in [3.8, 4) is 0 Å². The average molecular weight is 266 g/mol. The summed E-state index contributed by atoms with van der Waals surface area (Å²) in [5.74, 6) is -1.05. The largest absolute Gasteiger partial charge is 0.480 e. The molecule has 0 aliphatic rings. The lowest BCUT2D eigenvalue weighted by Gasteiger charge is -2.22. The maximum absolute atomic E-state index is 11.9. The number of methoxy groups -OCH3 is 1. The molecule has 0 aliphatic heterocycles. The molecule has 1 aromatic carbocycles. The number of anilines is 1. The second-order valence-corrected chi connectivity index (χ2v) is 4.15. The first-order valence-corrected chi connectivity index (χ1v) is 5.80. The quantitative estimate of drug-likeness (QED) is 0.851. The molecule has 0 fully saturated rings. The summed E-state index contributed by atoms with van der Waals surface area (Å²) >= 11 is 0. The van der Waals surface area contributed by atoms with Crippen molar-refractivity contribution in [3.63, 3.8) is 0 Å². The molecule has 104 valence electrons. The van der Waals surface area contributed by atoms with E-state index in [9.17, 15) is 9.59 Å². The molecule has 0 saturated carbocycles. The number of ether oxygens (including phenoxy) is 1. The summed E-state index contributed by atoms with van der Waals surface area (Å²) in [6, 6.07) is 5.84. The average Bonchev–Trinajstić information content (AvgIpc) is 2.39. The zero-order valence-corrected chi connectivity index (χ0v) is 11.2. The van der Waals surface area contributed by atoms with Crippen LogP contribution in [0.3, 0.4) is 0 Å². The van der Waals surface area contributed by atoms with Gasteiger partial charge in [0.2, 0.25) is 0 Å². The highest BCUT2D eigenvalue weighted by Gasteiger charge is 2.22. The number of likely N-dealkylation sites (N-methyl/N-ethyl adjacent to an activating group) is 1. The maximum Gasteiger partial charge on any atom is 0.326 e. The Morgan fingerprint density at radius 3 is 2.63 bits per heavy atom. The van der Waals surface area contributed by atoms with Crippen LogP contribution in [0.4, 0.5) is 10.5 Å². The first-order valence-electron chi connectivity index (χ1n) is 5.80. The van der Waals surface area contributed by atoms with Crippen molar-refractivity contribution in [1.29, 1.82) is 0 Å². The zero-order chi connectivity index (χ0) is 14.4. The predicted octanol–water partition coefficient (Wildman–Crippen LogP) is 1.77. The van der Waals surface area contributed by atoms with E-state index in [4.69, 9.17) is 9.84 Å². The van der Waals surface area contributed by atoms with E-state index in [1.807, 2.05) is 12.1 Å². The number of carboxylic acids is 1. The number of urea groups is 1. The van der Waals surface area contributed by atoms with Gasteiger partial charge in [-0.3, -0.25) is 0 Å². The molecule has 0 aromatic heterocycles. The Kier molecular flexibility index (Phi) is 5.32. The van der Waals surface area contributed by atoms with Crippen LogP contribution in [0, 0.1) is 0 Å². The van der Waals surface area contributed by atoms with Crippen LogP contribution in [0.2, 0.25) is 0 Å². The lowest BCUT2D eigenvalue weighted by molar-refractivity contribution is -0.141. The van der Waals surface area contributed by atoms with Crippen molar-refractivity contribution in [2.75, 3.05) is 19.5 Å². The van der Waals surface area contributed by atoms with Crippen LogP contribution >= 0.6 is 0 Å². The van der Waals surface area contributed by atoms with Crippen LogP contribution in [0.1, 0.15) is 12.5 Å². The van der Waals surface area contributed by atoms with Crippen molar-refractivity contribution in [1.82, 2.24) is 4.90 Å². The number of amides is 2. The van der Waals surface area contributed by atoms with Crippen LogP contribution < -0.4 is 5.32 Å². The minimum absolute atomic E-state index is 0.370. The summed E-state index contributed by atoms with van der Waals surface area (Å²) in [7, 11) is 3.00. The number of para-hydroxylation sites is 1. The first kappa shape index (κ1) is 15.0. The second kappa shape index (κ2) is 6.75. The minimum Gasteiger partial charge on any atom is -0.480 e. The number of rotatable bonds is 5. The molecule has 6 nitrogen and oxygen atoms in total. The number of hydrogen-bond acceptors (Lipinski definition) is 3. The third-order valence-corrected chi connectivity index (χ3v) is 2.82. The second-order valence-electron chi connectivity index (χ2n) is 4.15. The molecule has 1 rings (SSSR count). The molecular weight excluding hydrogens is 248 g/mol. The summed E-state index contributed by atoms with van der Waals surface area (Å²) in [6.45, 7) is 1.82. The highest BCUT2D eigenvalue weighted by molar-refractivity contribution is 5.92. The van der Waals surface area contributed by atoms with Gasteiger partial charge >= 0.3 is 12.0 Å². The zero-order valence-electron chi connectivity index (χ0n) is 11.2. The van der Waals surface area contributed by atoms with Crippen molar-refractivity contribution < 1.29 is 19.4 Å². The van der Waals surface area contributed by atoms with E-state index in [0.29, 0.717) is 12.3 Å². The number of carbonyl (C=O) groups excluding carboxylic acids is 1. The van der Waals surface area contributed by atoms with Crippen molar-refractivity contribution in [3.05, 3.63) is 29.8 Å². The van der Waals surface area contributed by atoms with Gasteiger partial charge in [0, 0.05) is 25.4 Å². The minimum atomic E-state index is -1.05. The third kappa shape index (κ3) is 3.96. The molecule has 0 heterocycles. The Labute approximate surface area is 112 Å². The number of aliphatic carboxylic acids is 1. The normalized spacial score (nSPS) is 11.7. The summed E-state index contributed by atoms with van der Waals surface area (Å²) in [6.07, 6.45) is 0. The lowest BCUT2D eigenvalue weighted by atomic mass is 10.2. The molecule has 0 bridgehead atoms. The summed E-state index contributed by atoms with van der Waals surface area (Å²) in [5.41, 5.74) is 1.44. The van der Waals surface area contributed by atoms with Crippen LogP contribution in [0.15, 0.2) is 24.3 Å².